The van der Waals surface area contributed by atoms with E-state index in [0.717, 1.165) is 0 Å². The molecule has 0 saturated heterocycles. The van der Waals surface area contributed by atoms with Crippen molar-refractivity contribution in [2.75, 3.05) is 33.0 Å². The predicted octanol–water partition coefficient (Wildman–Crippen LogP) is 1.56. The summed E-state index contributed by atoms with van der Waals surface area (Å²) in [5.41, 5.74) is 5.81. The van der Waals surface area contributed by atoms with Crippen LogP contribution >= 0.6 is 11.6 Å². The van der Waals surface area contributed by atoms with E-state index in [1.165, 1.54) is 12.1 Å². The third kappa shape index (κ3) is 3.80. The van der Waals surface area contributed by atoms with Crippen molar-refractivity contribution in [1.82, 2.24) is 4.90 Å². The highest BCUT2D eigenvalue weighted by molar-refractivity contribution is 6.33. The number of nitrogen functional groups attached to an aromatic ring is 1. The number of benzene rings is 1. The van der Waals surface area contributed by atoms with Crippen LogP contribution < -0.4 is 10.5 Å². The van der Waals surface area contributed by atoms with Crippen LogP contribution in [0, 0.1) is 0 Å². The maximum Gasteiger partial charge on any atom is 0.339 e. The summed E-state index contributed by atoms with van der Waals surface area (Å²) < 4.78 is 5.39. The Balaban J connectivity index is 2.92. The van der Waals surface area contributed by atoms with Gasteiger partial charge in [0.05, 0.1) is 5.02 Å². The van der Waals surface area contributed by atoms with Gasteiger partial charge in [-0.15, -0.1) is 0 Å². The molecule has 0 bridgehead atoms. The minimum Gasteiger partial charge on any atom is -0.490 e. The van der Waals surface area contributed by atoms with E-state index in [4.69, 9.17) is 27.2 Å². The number of aromatic carboxylic acids is 1. The molecule has 0 fully saturated rings. The van der Waals surface area contributed by atoms with Crippen LogP contribution in [0.25, 0.3) is 0 Å². The van der Waals surface area contributed by atoms with Crippen LogP contribution in [0.15, 0.2) is 12.1 Å². The number of nitrogens with zero attached hydrogens (tertiary/aromatic N) is 1. The average molecular weight is 259 g/mol. The second-order valence-electron chi connectivity index (χ2n) is 3.84. The Bertz CT molecular complexity index is 421. The van der Waals surface area contributed by atoms with Gasteiger partial charge in [0.1, 0.15) is 12.2 Å². The van der Waals surface area contributed by atoms with Gasteiger partial charge in [-0.1, -0.05) is 11.6 Å². The summed E-state index contributed by atoms with van der Waals surface area (Å²) in [6.45, 7) is 1.02. The molecule has 0 atom stereocenters. The number of carboxylic acid groups (broad SMARTS) is 1. The van der Waals surface area contributed by atoms with E-state index in [-0.39, 0.29) is 16.3 Å². The first kappa shape index (κ1) is 13.6. The van der Waals surface area contributed by atoms with Crippen LogP contribution in [0.2, 0.25) is 5.02 Å². The highest BCUT2D eigenvalue weighted by Crippen LogP contribution is 2.31. The maximum atomic E-state index is 11.0. The highest BCUT2D eigenvalue weighted by Gasteiger charge is 2.16. The molecular weight excluding hydrogens is 244 g/mol. The zero-order valence-electron chi connectivity index (χ0n) is 9.74. The normalized spacial score (nSPS) is 10.6. The van der Waals surface area contributed by atoms with Gasteiger partial charge in [-0.2, -0.15) is 0 Å². The summed E-state index contributed by atoms with van der Waals surface area (Å²) in [4.78, 5) is 12.9. The van der Waals surface area contributed by atoms with Crippen molar-refractivity contribution in [2.24, 2.45) is 0 Å². The molecule has 17 heavy (non-hydrogen) atoms. The Morgan fingerprint density at radius 1 is 1.53 bits per heavy atom. The molecule has 94 valence electrons. The highest BCUT2D eigenvalue weighted by atomic mass is 35.5. The molecule has 0 spiro atoms. The molecule has 6 heteroatoms. The van der Waals surface area contributed by atoms with Crippen molar-refractivity contribution in [3.05, 3.63) is 22.7 Å². The first-order valence-corrected chi connectivity index (χ1v) is 5.39. The molecule has 0 aliphatic rings. The van der Waals surface area contributed by atoms with E-state index in [9.17, 15) is 4.79 Å². The number of carboxylic acids is 1. The van der Waals surface area contributed by atoms with E-state index in [1.54, 1.807) is 0 Å². The van der Waals surface area contributed by atoms with E-state index in [0.29, 0.717) is 18.8 Å². The summed E-state index contributed by atoms with van der Waals surface area (Å²) in [6.07, 6.45) is 0. The van der Waals surface area contributed by atoms with Gasteiger partial charge in [0.2, 0.25) is 0 Å². The Morgan fingerprint density at radius 2 is 2.18 bits per heavy atom. The van der Waals surface area contributed by atoms with Gasteiger partial charge in [0.25, 0.3) is 0 Å². The molecule has 0 heterocycles. The lowest BCUT2D eigenvalue weighted by Gasteiger charge is -2.14. The zero-order chi connectivity index (χ0) is 13.0. The third-order valence-corrected chi connectivity index (χ3v) is 2.36. The third-order valence-electron chi connectivity index (χ3n) is 2.08. The van der Waals surface area contributed by atoms with Crippen LogP contribution in [0.5, 0.6) is 5.75 Å². The Labute approximate surface area is 105 Å². The van der Waals surface area contributed by atoms with Crippen molar-refractivity contribution in [2.45, 2.75) is 0 Å². The molecule has 0 aliphatic carbocycles. The molecule has 0 aromatic heterocycles. The Kier molecular flexibility index (Phi) is 4.60. The van der Waals surface area contributed by atoms with E-state index in [2.05, 4.69) is 0 Å². The van der Waals surface area contributed by atoms with Crippen LogP contribution in [0.4, 0.5) is 5.69 Å². The smallest absolute Gasteiger partial charge is 0.339 e. The van der Waals surface area contributed by atoms with Gasteiger partial charge in [-0.25, -0.2) is 4.79 Å². The minimum atomic E-state index is -1.11. The lowest BCUT2D eigenvalue weighted by Crippen LogP contribution is -2.20. The van der Waals surface area contributed by atoms with Gasteiger partial charge in [0.15, 0.2) is 5.75 Å². The molecule has 5 nitrogen and oxygen atoms in total. The van der Waals surface area contributed by atoms with E-state index in [1.807, 2.05) is 19.0 Å². The predicted molar refractivity (Wildman–Crippen MR) is 66.9 cm³/mol. The zero-order valence-corrected chi connectivity index (χ0v) is 10.5. The number of anilines is 1. The Hall–Kier alpha value is -1.46. The van der Waals surface area contributed by atoms with Gasteiger partial charge in [-0.05, 0) is 26.2 Å². The molecule has 0 radical (unpaired) electrons. The number of nitrogens with two attached hydrogens (primary N) is 1. The van der Waals surface area contributed by atoms with Crippen LogP contribution in [0.1, 0.15) is 10.4 Å². The molecule has 0 amide bonds. The molecule has 3 N–H and O–H groups in total. The number of likely N-dealkylation sites (N-methyl/N-ethyl adjacent to an activating group) is 1. The number of rotatable bonds is 5. The molecular formula is C11H15ClN2O3. The van der Waals surface area contributed by atoms with Crippen LogP contribution in [-0.2, 0) is 0 Å². The molecule has 1 rings (SSSR count). The van der Waals surface area contributed by atoms with Crippen molar-refractivity contribution in [3.63, 3.8) is 0 Å². The largest absolute Gasteiger partial charge is 0.490 e. The number of hydrogen-bond acceptors (Lipinski definition) is 4. The second kappa shape index (κ2) is 5.75. The molecule has 1 aromatic carbocycles. The Morgan fingerprint density at radius 3 is 2.71 bits per heavy atom. The SMILES string of the molecule is CN(C)CCOc1c(Cl)cc(N)cc1C(=O)O. The van der Waals surface area contributed by atoms with Crippen molar-refractivity contribution >= 4 is 23.3 Å². The first-order chi connectivity index (χ1) is 7.91. The number of carbonyl (C=O) groups is 1. The van der Waals surface area contributed by atoms with Gasteiger partial charge in [0, 0.05) is 12.2 Å². The molecule has 0 aliphatic heterocycles. The summed E-state index contributed by atoms with van der Waals surface area (Å²) in [6, 6.07) is 2.80. The van der Waals surface area contributed by atoms with E-state index >= 15 is 0 Å². The summed E-state index contributed by atoms with van der Waals surface area (Å²) in [5, 5.41) is 9.23. The quantitative estimate of drug-likeness (QED) is 0.784. The summed E-state index contributed by atoms with van der Waals surface area (Å²) in [5.74, 6) is -0.950. The molecule has 1 aromatic rings. The number of ether oxygens (including phenoxy) is 1. The minimum absolute atomic E-state index is 0.0197. The average Bonchev–Trinajstić information content (AvgIpc) is 2.19. The number of halogens is 1. The topological polar surface area (TPSA) is 75.8 Å². The van der Waals surface area contributed by atoms with Crippen LogP contribution in [0.3, 0.4) is 0 Å². The molecule has 0 unspecified atom stereocenters. The summed E-state index contributed by atoms with van der Waals surface area (Å²) in [7, 11) is 3.79. The van der Waals surface area contributed by atoms with Gasteiger partial charge in [-0.3, -0.25) is 0 Å². The second-order valence-corrected chi connectivity index (χ2v) is 4.24. The number of hydrogen-bond donors (Lipinski definition) is 2. The first-order valence-electron chi connectivity index (χ1n) is 5.01. The monoisotopic (exact) mass is 258 g/mol. The lowest BCUT2D eigenvalue weighted by atomic mass is 10.2. The lowest BCUT2D eigenvalue weighted by molar-refractivity contribution is 0.0692. The van der Waals surface area contributed by atoms with Crippen molar-refractivity contribution in [1.29, 1.82) is 0 Å². The van der Waals surface area contributed by atoms with E-state index < -0.39 is 5.97 Å². The van der Waals surface area contributed by atoms with Gasteiger partial charge >= 0.3 is 5.97 Å². The maximum absolute atomic E-state index is 11.0. The fraction of sp³-hybridized carbons (Fsp3) is 0.364. The van der Waals surface area contributed by atoms with Gasteiger partial charge < -0.3 is 20.5 Å². The van der Waals surface area contributed by atoms with Crippen LogP contribution in [-0.4, -0.2) is 43.2 Å². The summed E-state index contributed by atoms with van der Waals surface area (Å²) >= 11 is 5.91. The fourth-order valence-electron chi connectivity index (χ4n) is 1.25. The van der Waals surface area contributed by atoms with Crippen molar-refractivity contribution < 1.29 is 14.6 Å². The van der Waals surface area contributed by atoms with Crippen molar-refractivity contribution in [3.8, 4) is 5.75 Å². The standard InChI is InChI=1S/C11H15ClN2O3/c1-14(2)3-4-17-10-8(11(15)16)5-7(13)6-9(10)12/h5-6H,3-4,13H2,1-2H3,(H,15,16). The fourth-order valence-corrected chi connectivity index (χ4v) is 1.53. The molecule has 0 saturated carbocycles.